The molecule has 2 aromatic rings. The van der Waals surface area contributed by atoms with E-state index in [1.807, 2.05) is 6.07 Å². The van der Waals surface area contributed by atoms with Crippen LogP contribution in [0.25, 0.3) is 0 Å². The highest BCUT2D eigenvalue weighted by Gasteiger charge is 2.32. The average molecular weight is 382 g/mol. The molecule has 0 aromatic heterocycles. The number of hydrogen-bond acceptors (Lipinski definition) is 5. The molecule has 1 unspecified atom stereocenters. The second kappa shape index (κ2) is 6.62. The number of halogens is 1. The van der Waals surface area contributed by atoms with Gasteiger partial charge in [-0.05, 0) is 48.6 Å². The molecule has 1 atom stereocenters. The Hall–Kier alpha value is -2.16. The minimum absolute atomic E-state index is 0.185. The lowest BCUT2D eigenvalue weighted by atomic mass is 9.88. The fourth-order valence-corrected chi connectivity index (χ4v) is 5.06. The molecule has 2 aromatic carbocycles. The Morgan fingerprint density at radius 1 is 1.28 bits per heavy atom. The SMILES string of the molecule is Nc1ccc2c(c1)CCCC2NS(=O)(=O)c1c(Cl)cccc1[N+](=O)[O-]. The predicted molar refractivity (Wildman–Crippen MR) is 95.0 cm³/mol. The maximum Gasteiger partial charge on any atom is 0.290 e. The number of aryl methyl sites for hydroxylation is 1. The van der Waals surface area contributed by atoms with E-state index in [1.165, 1.54) is 12.1 Å². The first-order chi connectivity index (χ1) is 11.8. The summed E-state index contributed by atoms with van der Waals surface area (Å²) in [6, 6.07) is 8.63. The first kappa shape index (κ1) is 17.7. The molecule has 0 amide bonds. The standard InChI is InChI=1S/C16H16ClN3O4S/c17-13-4-2-6-15(20(21)22)16(13)25(23,24)19-14-5-1-3-10-9-11(18)7-8-12(10)14/h2,4,6-9,14,19H,1,3,5,18H2. The van der Waals surface area contributed by atoms with Gasteiger partial charge in [0.15, 0.2) is 4.90 Å². The maximum absolute atomic E-state index is 12.8. The van der Waals surface area contributed by atoms with Gasteiger partial charge in [0.1, 0.15) is 0 Å². The van der Waals surface area contributed by atoms with Gasteiger partial charge in [-0.2, -0.15) is 0 Å². The zero-order valence-electron chi connectivity index (χ0n) is 13.1. The second-order valence-corrected chi connectivity index (χ2v) is 7.93. The first-order valence-electron chi connectivity index (χ1n) is 7.63. The molecule has 1 aliphatic carbocycles. The molecule has 3 rings (SSSR count). The summed E-state index contributed by atoms with van der Waals surface area (Å²) in [5, 5.41) is 11.0. The van der Waals surface area contributed by atoms with E-state index in [2.05, 4.69) is 4.72 Å². The Morgan fingerprint density at radius 3 is 2.76 bits per heavy atom. The predicted octanol–water partition coefficient (Wildman–Crippen LogP) is 3.19. The van der Waals surface area contributed by atoms with Gasteiger partial charge in [0.2, 0.25) is 10.0 Å². The minimum Gasteiger partial charge on any atom is -0.399 e. The van der Waals surface area contributed by atoms with Gasteiger partial charge < -0.3 is 5.73 Å². The van der Waals surface area contributed by atoms with Crippen LogP contribution >= 0.6 is 11.6 Å². The Morgan fingerprint density at radius 2 is 2.04 bits per heavy atom. The number of rotatable bonds is 4. The van der Waals surface area contributed by atoms with Crippen molar-refractivity contribution in [2.75, 3.05) is 5.73 Å². The van der Waals surface area contributed by atoms with Crippen molar-refractivity contribution in [3.8, 4) is 0 Å². The zero-order chi connectivity index (χ0) is 18.2. The van der Waals surface area contributed by atoms with Gasteiger partial charge in [-0.1, -0.05) is 23.7 Å². The van der Waals surface area contributed by atoms with Crippen LogP contribution in [0.1, 0.15) is 30.0 Å². The highest BCUT2D eigenvalue weighted by Crippen LogP contribution is 2.35. The lowest BCUT2D eigenvalue weighted by molar-refractivity contribution is -0.387. The van der Waals surface area contributed by atoms with Crippen LogP contribution in [-0.4, -0.2) is 13.3 Å². The minimum atomic E-state index is -4.17. The fraction of sp³-hybridized carbons (Fsp3) is 0.250. The molecule has 9 heteroatoms. The molecule has 0 radical (unpaired) electrons. The van der Waals surface area contributed by atoms with Crippen molar-refractivity contribution in [2.24, 2.45) is 0 Å². The van der Waals surface area contributed by atoms with Gasteiger partial charge in [-0.25, -0.2) is 13.1 Å². The number of nitro groups is 1. The van der Waals surface area contributed by atoms with E-state index in [-0.39, 0.29) is 5.02 Å². The van der Waals surface area contributed by atoms with E-state index in [4.69, 9.17) is 17.3 Å². The van der Waals surface area contributed by atoms with Crippen LogP contribution in [0.4, 0.5) is 11.4 Å². The largest absolute Gasteiger partial charge is 0.399 e. The molecule has 0 aliphatic heterocycles. The monoisotopic (exact) mass is 381 g/mol. The number of benzene rings is 2. The van der Waals surface area contributed by atoms with Crippen molar-refractivity contribution in [3.05, 3.63) is 62.7 Å². The van der Waals surface area contributed by atoms with E-state index >= 15 is 0 Å². The second-order valence-electron chi connectivity index (χ2n) is 5.87. The Labute approximate surface area is 150 Å². The summed E-state index contributed by atoms with van der Waals surface area (Å²) < 4.78 is 28.2. The highest BCUT2D eigenvalue weighted by molar-refractivity contribution is 7.89. The third kappa shape index (κ3) is 3.46. The van der Waals surface area contributed by atoms with Gasteiger partial charge in [-0.3, -0.25) is 10.1 Å². The van der Waals surface area contributed by atoms with Gasteiger partial charge in [-0.15, -0.1) is 0 Å². The number of nitrogens with one attached hydrogen (secondary N) is 1. The number of fused-ring (bicyclic) bond motifs is 1. The number of hydrogen-bond donors (Lipinski definition) is 2. The highest BCUT2D eigenvalue weighted by atomic mass is 35.5. The third-order valence-corrected chi connectivity index (χ3v) is 6.18. The molecular weight excluding hydrogens is 366 g/mol. The molecule has 0 saturated carbocycles. The molecule has 25 heavy (non-hydrogen) atoms. The van der Waals surface area contributed by atoms with Crippen LogP contribution in [0.5, 0.6) is 0 Å². The molecular formula is C16H16ClN3O4S. The van der Waals surface area contributed by atoms with Crippen LogP contribution in [0.2, 0.25) is 5.02 Å². The number of nitrogens with zero attached hydrogens (tertiary/aromatic N) is 1. The molecule has 1 aliphatic rings. The summed E-state index contributed by atoms with van der Waals surface area (Å²) >= 11 is 5.96. The molecule has 0 fully saturated rings. The van der Waals surface area contributed by atoms with Crippen LogP contribution < -0.4 is 10.5 Å². The van der Waals surface area contributed by atoms with E-state index in [0.29, 0.717) is 12.1 Å². The van der Waals surface area contributed by atoms with Gasteiger partial charge >= 0.3 is 0 Å². The van der Waals surface area contributed by atoms with Gasteiger partial charge in [0.25, 0.3) is 5.69 Å². The van der Waals surface area contributed by atoms with E-state index in [1.54, 1.807) is 12.1 Å². The molecule has 132 valence electrons. The average Bonchev–Trinajstić information content (AvgIpc) is 2.53. The Kier molecular flexibility index (Phi) is 4.68. The maximum atomic E-state index is 12.8. The molecule has 0 spiro atoms. The summed E-state index contributed by atoms with van der Waals surface area (Å²) in [6.07, 6.45) is 2.19. The molecule has 0 saturated heterocycles. The topological polar surface area (TPSA) is 115 Å². The summed E-state index contributed by atoms with van der Waals surface area (Å²) in [4.78, 5) is 9.93. The first-order valence-corrected chi connectivity index (χ1v) is 9.49. The van der Waals surface area contributed by atoms with E-state index in [9.17, 15) is 18.5 Å². The Balaban J connectivity index is 2.01. The zero-order valence-corrected chi connectivity index (χ0v) is 14.7. The van der Waals surface area contributed by atoms with Crippen LogP contribution in [-0.2, 0) is 16.4 Å². The normalized spacial score (nSPS) is 17.1. The lowest BCUT2D eigenvalue weighted by Gasteiger charge is -2.26. The quantitative estimate of drug-likeness (QED) is 0.479. The molecule has 0 heterocycles. The van der Waals surface area contributed by atoms with E-state index < -0.39 is 31.6 Å². The van der Waals surface area contributed by atoms with Gasteiger partial charge in [0.05, 0.1) is 9.95 Å². The number of nitro benzene ring substituents is 1. The number of anilines is 1. The van der Waals surface area contributed by atoms with Crippen molar-refractivity contribution >= 4 is 33.0 Å². The third-order valence-electron chi connectivity index (χ3n) is 4.19. The van der Waals surface area contributed by atoms with Crippen molar-refractivity contribution in [1.29, 1.82) is 0 Å². The summed E-state index contributed by atoms with van der Waals surface area (Å²) in [6.45, 7) is 0. The van der Waals surface area contributed by atoms with Crippen LogP contribution in [0, 0.1) is 10.1 Å². The van der Waals surface area contributed by atoms with Gasteiger partial charge in [0, 0.05) is 17.8 Å². The molecule has 0 bridgehead atoms. The number of sulfonamides is 1. The fourth-order valence-electron chi connectivity index (χ4n) is 3.11. The van der Waals surface area contributed by atoms with Crippen molar-refractivity contribution in [1.82, 2.24) is 4.72 Å². The smallest absolute Gasteiger partial charge is 0.290 e. The molecule has 7 nitrogen and oxygen atoms in total. The number of nitrogens with two attached hydrogens (primary N) is 1. The van der Waals surface area contributed by atoms with Crippen molar-refractivity contribution in [3.63, 3.8) is 0 Å². The van der Waals surface area contributed by atoms with Crippen LogP contribution in [0.15, 0.2) is 41.3 Å². The van der Waals surface area contributed by atoms with Crippen LogP contribution in [0.3, 0.4) is 0 Å². The summed E-state index contributed by atoms with van der Waals surface area (Å²) in [5.74, 6) is 0. The van der Waals surface area contributed by atoms with Crippen molar-refractivity contribution < 1.29 is 13.3 Å². The summed E-state index contributed by atoms with van der Waals surface area (Å²) in [7, 11) is -4.17. The van der Waals surface area contributed by atoms with E-state index in [0.717, 1.165) is 30.0 Å². The number of nitrogen functional groups attached to an aromatic ring is 1. The molecule has 3 N–H and O–H groups in total. The Bertz CT molecular complexity index is 946. The lowest BCUT2D eigenvalue weighted by Crippen LogP contribution is -2.31. The summed E-state index contributed by atoms with van der Waals surface area (Å²) in [5.41, 5.74) is 7.67. The van der Waals surface area contributed by atoms with Crippen molar-refractivity contribution in [2.45, 2.75) is 30.2 Å².